The highest BCUT2D eigenvalue weighted by atomic mass is 16.7. The topological polar surface area (TPSA) is 58.9 Å². The SMILES string of the molecule is CC[C@@]12CC[C@H](O)[C@@H](/C=C/[C@@H](O)C3CCCCC3)[C@@H]1C(CC(C)C)C21OCCO1. The molecule has 4 nitrogen and oxygen atoms in total. The summed E-state index contributed by atoms with van der Waals surface area (Å²) in [4.78, 5) is 0. The van der Waals surface area contributed by atoms with Crippen molar-refractivity contribution in [1.82, 2.24) is 0 Å². The van der Waals surface area contributed by atoms with E-state index in [0.717, 1.165) is 38.5 Å². The molecule has 166 valence electrons. The van der Waals surface area contributed by atoms with Gasteiger partial charge in [-0.05, 0) is 56.3 Å². The van der Waals surface area contributed by atoms with Crippen molar-refractivity contribution in [3.63, 3.8) is 0 Å². The van der Waals surface area contributed by atoms with Gasteiger partial charge < -0.3 is 19.7 Å². The van der Waals surface area contributed by atoms with Crippen molar-refractivity contribution in [1.29, 1.82) is 0 Å². The van der Waals surface area contributed by atoms with E-state index in [2.05, 4.69) is 26.8 Å². The fraction of sp³-hybridized carbons (Fsp3) is 0.920. The molecule has 0 aromatic carbocycles. The minimum absolute atomic E-state index is 0.00686. The fourth-order valence-corrected chi connectivity index (χ4v) is 7.46. The van der Waals surface area contributed by atoms with Crippen LogP contribution in [0.1, 0.15) is 78.6 Å². The van der Waals surface area contributed by atoms with E-state index in [1.54, 1.807) is 0 Å². The number of ether oxygens (including phenoxy) is 2. The molecule has 0 aromatic rings. The maximum absolute atomic E-state index is 11.0. The lowest BCUT2D eigenvalue weighted by Crippen LogP contribution is -2.75. The third kappa shape index (κ3) is 3.52. The summed E-state index contributed by atoms with van der Waals surface area (Å²) in [5.41, 5.74) is -0.00686. The molecule has 1 saturated heterocycles. The van der Waals surface area contributed by atoms with Gasteiger partial charge >= 0.3 is 0 Å². The highest BCUT2D eigenvalue weighted by Crippen LogP contribution is 2.72. The van der Waals surface area contributed by atoms with Gasteiger partial charge in [-0.15, -0.1) is 0 Å². The predicted octanol–water partition coefficient (Wildman–Crippen LogP) is 4.69. The molecule has 4 fully saturated rings. The summed E-state index contributed by atoms with van der Waals surface area (Å²) < 4.78 is 12.8. The highest BCUT2D eigenvalue weighted by molar-refractivity contribution is 5.22. The monoisotopic (exact) mass is 406 g/mol. The van der Waals surface area contributed by atoms with Crippen LogP contribution in [0.4, 0.5) is 0 Å². The largest absolute Gasteiger partial charge is 0.393 e. The van der Waals surface area contributed by atoms with Crippen molar-refractivity contribution >= 4 is 0 Å². The van der Waals surface area contributed by atoms with E-state index in [9.17, 15) is 10.2 Å². The van der Waals surface area contributed by atoms with Crippen molar-refractivity contribution in [3.05, 3.63) is 12.2 Å². The lowest BCUT2D eigenvalue weighted by molar-refractivity contribution is -0.394. The van der Waals surface area contributed by atoms with E-state index in [0.29, 0.717) is 36.9 Å². The van der Waals surface area contributed by atoms with Crippen molar-refractivity contribution in [3.8, 4) is 0 Å². The van der Waals surface area contributed by atoms with E-state index >= 15 is 0 Å². The second-order valence-corrected chi connectivity index (χ2v) is 10.6. The minimum Gasteiger partial charge on any atom is -0.393 e. The Morgan fingerprint density at radius 1 is 1.07 bits per heavy atom. The molecule has 3 aliphatic carbocycles. The van der Waals surface area contributed by atoms with Crippen molar-refractivity contribution in [2.24, 2.45) is 35.0 Å². The Morgan fingerprint density at radius 3 is 2.38 bits per heavy atom. The first kappa shape index (κ1) is 21.8. The summed E-state index contributed by atoms with van der Waals surface area (Å²) in [5.74, 6) is 1.27. The van der Waals surface area contributed by atoms with E-state index < -0.39 is 5.79 Å². The van der Waals surface area contributed by atoms with Crippen LogP contribution in [0.5, 0.6) is 0 Å². The van der Waals surface area contributed by atoms with E-state index in [-0.39, 0.29) is 23.5 Å². The van der Waals surface area contributed by atoms with Crippen LogP contribution in [0.25, 0.3) is 0 Å². The van der Waals surface area contributed by atoms with E-state index in [4.69, 9.17) is 9.47 Å². The van der Waals surface area contributed by atoms with Gasteiger partial charge in [-0.2, -0.15) is 0 Å². The molecule has 29 heavy (non-hydrogen) atoms. The smallest absolute Gasteiger partial charge is 0.177 e. The fourth-order valence-electron chi connectivity index (χ4n) is 7.46. The lowest BCUT2D eigenvalue weighted by Gasteiger charge is -2.70. The Morgan fingerprint density at radius 2 is 1.76 bits per heavy atom. The summed E-state index contributed by atoms with van der Waals surface area (Å²) in [7, 11) is 0. The number of hydrogen-bond acceptors (Lipinski definition) is 4. The van der Waals surface area contributed by atoms with Gasteiger partial charge in [0.2, 0.25) is 0 Å². The number of aliphatic hydroxyl groups excluding tert-OH is 2. The Labute approximate surface area is 177 Å². The van der Waals surface area contributed by atoms with Crippen LogP contribution in [0, 0.1) is 35.0 Å². The molecule has 6 atom stereocenters. The molecule has 0 aromatic heterocycles. The summed E-state index contributed by atoms with van der Waals surface area (Å²) in [5, 5.41) is 21.8. The predicted molar refractivity (Wildman–Crippen MR) is 114 cm³/mol. The van der Waals surface area contributed by atoms with Crippen LogP contribution in [0.2, 0.25) is 0 Å². The van der Waals surface area contributed by atoms with Crippen LogP contribution >= 0.6 is 0 Å². The Kier molecular flexibility index (Phi) is 6.47. The molecule has 4 aliphatic rings. The quantitative estimate of drug-likeness (QED) is 0.629. The van der Waals surface area contributed by atoms with Crippen LogP contribution in [0.3, 0.4) is 0 Å². The zero-order valence-corrected chi connectivity index (χ0v) is 18.7. The Hall–Kier alpha value is -0.420. The van der Waals surface area contributed by atoms with Gasteiger partial charge in [0.05, 0.1) is 25.4 Å². The van der Waals surface area contributed by atoms with Gasteiger partial charge in [0.25, 0.3) is 0 Å². The molecule has 0 bridgehead atoms. The number of aliphatic hydroxyl groups is 2. The zero-order valence-electron chi connectivity index (χ0n) is 18.7. The molecule has 4 rings (SSSR count). The third-order valence-corrected chi connectivity index (χ3v) is 8.73. The Balaban J connectivity index is 1.58. The average Bonchev–Trinajstić information content (AvgIpc) is 3.24. The normalized spacial score (nSPS) is 41.0. The Bertz CT molecular complexity index is 575. The first-order valence-corrected chi connectivity index (χ1v) is 12.3. The van der Waals surface area contributed by atoms with Crippen LogP contribution in [-0.4, -0.2) is 41.4 Å². The minimum atomic E-state index is -0.453. The molecule has 1 unspecified atom stereocenters. The molecule has 0 radical (unpaired) electrons. The molecule has 2 N–H and O–H groups in total. The van der Waals surface area contributed by atoms with E-state index in [1.807, 2.05) is 6.08 Å². The van der Waals surface area contributed by atoms with Crippen LogP contribution in [0.15, 0.2) is 12.2 Å². The third-order valence-electron chi connectivity index (χ3n) is 8.73. The van der Waals surface area contributed by atoms with Gasteiger partial charge in [0, 0.05) is 17.3 Å². The van der Waals surface area contributed by atoms with Crippen LogP contribution < -0.4 is 0 Å². The van der Waals surface area contributed by atoms with Gasteiger partial charge in [-0.3, -0.25) is 0 Å². The second kappa shape index (κ2) is 8.61. The summed E-state index contributed by atoms with van der Waals surface area (Å²) in [6, 6.07) is 0. The van der Waals surface area contributed by atoms with Gasteiger partial charge in [-0.1, -0.05) is 52.2 Å². The molecule has 1 spiro atoms. The molecule has 4 heteroatoms. The van der Waals surface area contributed by atoms with Crippen LogP contribution in [-0.2, 0) is 9.47 Å². The molecule has 3 saturated carbocycles. The first-order valence-electron chi connectivity index (χ1n) is 12.3. The summed E-state index contributed by atoms with van der Waals surface area (Å²) in [6.07, 6.45) is 13.4. The summed E-state index contributed by atoms with van der Waals surface area (Å²) in [6.45, 7) is 8.18. The standard InChI is InChI=1S/C25H42O4/c1-4-24-13-12-22(27)19(10-11-21(26)18-8-6-5-7-9-18)23(24)20(16-17(2)3)25(24)28-14-15-29-25/h10-11,17-23,26-27H,4-9,12-16H2,1-3H3/b11-10+/t19-,20?,21-,22+,23-,24-/m1/s1. The lowest BCUT2D eigenvalue weighted by atomic mass is 9.39. The molecular formula is C25H42O4. The molecule has 0 amide bonds. The summed E-state index contributed by atoms with van der Waals surface area (Å²) >= 11 is 0. The van der Waals surface area contributed by atoms with Gasteiger partial charge in [0.15, 0.2) is 5.79 Å². The number of rotatable bonds is 6. The molecule has 1 aliphatic heterocycles. The molecular weight excluding hydrogens is 364 g/mol. The number of fused-ring (bicyclic) bond motifs is 2. The van der Waals surface area contributed by atoms with E-state index in [1.165, 1.54) is 19.3 Å². The van der Waals surface area contributed by atoms with Gasteiger partial charge in [0.1, 0.15) is 0 Å². The average molecular weight is 407 g/mol. The highest BCUT2D eigenvalue weighted by Gasteiger charge is 2.76. The van der Waals surface area contributed by atoms with Crippen molar-refractivity contribution in [2.45, 2.75) is 96.6 Å². The first-order chi connectivity index (χ1) is 13.9. The van der Waals surface area contributed by atoms with Gasteiger partial charge in [-0.25, -0.2) is 0 Å². The maximum atomic E-state index is 11.0. The van der Waals surface area contributed by atoms with Crippen molar-refractivity contribution < 1.29 is 19.7 Å². The maximum Gasteiger partial charge on any atom is 0.177 e. The zero-order chi connectivity index (χ0) is 20.6. The van der Waals surface area contributed by atoms with Crippen molar-refractivity contribution in [2.75, 3.05) is 13.2 Å². The number of hydrogen-bond donors (Lipinski definition) is 2. The molecule has 1 heterocycles. The second-order valence-electron chi connectivity index (χ2n) is 10.6.